The van der Waals surface area contributed by atoms with E-state index in [2.05, 4.69) is 47.9 Å². The number of piperazine rings is 1. The zero-order chi connectivity index (χ0) is 30.9. The van der Waals surface area contributed by atoms with Gasteiger partial charge in [-0.2, -0.15) is 0 Å². The van der Waals surface area contributed by atoms with Gasteiger partial charge in [-0.15, -0.1) is 0 Å². The first-order valence-electron chi connectivity index (χ1n) is 14.0. The van der Waals surface area contributed by atoms with Gasteiger partial charge in [0, 0.05) is 44.9 Å². The molecule has 43 heavy (non-hydrogen) atoms. The van der Waals surface area contributed by atoms with Crippen LogP contribution < -0.4 is 9.64 Å². The van der Waals surface area contributed by atoms with E-state index in [-0.39, 0.29) is 17.9 Å². The Balaban J connectivity index is 0.000000467. The van der Waals surface area contributed by atoms with Gasteiger partial charge in [0.05, 0.1) is 29.5 Å². The van der Waals surface area contributed by atoms with Gasteiger partial charge in [-0.3, -0.25) is 19.4 Å². The molecule has 2 aliphatic rings. The molecule has 0 spiro atoms. The van der Waals surface area contributed by atoms with Gasteiger partial charge in [-0.1, -0.05) is 48.5 Å². The van der Waals surface area contributed by atoms with Crippen LogP contribution >= 0.6 is 0 Å². The van der Waals surface area contributed by atoms with E-state index in [0.717, 1.165) is 49.7 Å². The van der Waals surface area contributed by atoms with Gasteiger partial charge in [-0.05, 0) is 49.2 Å². The molecule has 0 aliphatic carbocycles. The van der Waals surface area contributed by atoms with Crippen molar-refractivity contribution in [2.24, 2.45) is 0 Å². The molecule has 10 nitrogen and oxygen atoms in total. The number of para-hydroxylation sites is 2. The Kier molecular flexibility index (Phi) is 10.3. The minimum absolute atomic E-state index is 0.144. The topological polar surface area (TPSA) is 128 Å². The zero-order valence-electron chi connectivity index (χ0n) is 24.2. The van der Waals surface area contributed by atoms with Crippen LogP contribution in [-0.4, -0.2) is 76.0 Å². The van der Waals surface area contributed by atoms with Crippen molar-refractivity contribution in [2.75, 3.05) is 31.1 Å². The first-order chi connectivity index (χ1) is 20.6. The average molecular weight is 586 g/mol. The maximum Gasteiger partial charge on any atom is 0.328 e. The lowest BCUT2D eigenvalue weighted by atomic mass is 10.1. The van der Waals surface area contributed by atoms with E-state index in [1.807, 2.05) is 24.3 Å². The standard InChI is InChI=1S/C29H31N3O3.C4H4O4/c1-21(2)35-27-13-6-5-12-26(27)31-16-14-30(15-17-31)19-22-8-7-9-23(18-22)20-32-28(33)24-10-3-4-11-25(24)29(32)34;5-3(6)1-2-4(7)8/h3-13,18,21H,14-17,19-20H2,1-2H3;1-2H,(H,5,6)(H,7,8)/b;2-1-. The number of carbonyl (C=O) groups is 4. The number of carboxylic acids is 2. The molecule has 0 radical (unpaired) electrons. The fourth-order valence-corrected chi connectivity index (χ4v) is 5.01. The van der Waals surface area contributed by atoms with Crippen LogP contribution in [0.25, 0.3) is 0 Å². The van der Waals surface area contributed by atoms with Crippen LogP contribution in [0.4, 0.5) is 5.69 Å². The normalized spacial score (nSPS) is 15.0. The van der Waals surface area contributed by atoms with Gasteiger partial charge < -0.3 is 19.8 Å². The highest BCUT2D eigenvalue weighted by molar-refractivity contribution is 6.21. The third kappa shape index (κ3) is 8.30. The number of ether oxygens (including phenoxy) is 1. The highest BCUT2D eigenvalue weighted by atomic mass is 16.5. The molecule has 3 aromatic carbocycles. The summed E-state index contributed by atoms with van der Waals surface area (Å²) >= 11 is 0. The van der Waals surface area contributed by atoms with Crippen molar-refractivity contribution in [1.82, 2.24) is 9.80 Å². The molecule has 0 saturated carbocycles. The molecule has 2 aliphatic heterocycles. The first kappa shape index (κ1) is 31.0. The molecule has 3 aromatic rings. The lowest BCUT2D eigenvalue weighted by Crippen LogP contribution is -2.46. The van der Waals surface area contributed by atoms with Gasteiger partial charge in [-0.25, -0.2) is 9.59 Å². The van der Waals surface area contributed by atoms with Crippen molar-refractivity contribution >= 4 is 29.4 Å². The summed E-state index contributed by atoms with van der Waals surface area (Å²) in [5.41, 5.74) is 4.30. The maximum absolute atomic E-state index is 12.7. The summed E-state index contributed by atoms with van der Waals surface area (Å²) in [6.07, 6.45) is 1.26. The molecule has 0 unspecified atom stereocenters. The van der Waals surface area contributed by atoms with Crippen molar-refractivity contribution in [3.05, 3.63) is 107 Å². The predicted molar refractivity (Wildman–Crippen MR) is 161 cm³/mol. The van der Waals surface area contributed by atoms with E-state index >= 15 is 0 Å². The molecule has 5 rings (SSSR count). The molecule has 224 valence electrons. The fourth-order valence-electron chi connectivity index (χ4n) is 5.01. The van der Waals surface area contributed by atoms with Crippen LogP contribution in [0.5, 0.6) is 5.75 Å². The summed E-state index contributed by atoms with van der Waals surface area (Å²) in [6, 6.07) is 23.5. The Morgan fingerprint density at radius 1 is 0.767 bits per heavy atom. The fraction of sp³-hybridized carbons (Fsp3) is 0.273. The van der Waals surface area contributed by atoms with Crippen LogP contribution in [0.1, 0.15) is 45.7 Å². The molecule has 2 heterocycles. The minimum atomic E-state index is -1.26. The molecule has 1 saturated heterocycles. The molecule has 1 fully saturated rings. The number of amides is 2. The van der Waals surface area contributed by atoms with Crippen molar-refractivity contribution in [1.29, 1.82) is 0 Å². The van der Waals surface area contributed by atoms with Crippen molar-refractivity contribution in [3.63, 3.8) is 0 Å². The number of nitrogens with zero attached hydrogens (tertiary/aromatic N) is 3. The van der Waals surface area contributed by atoms with Gasteiger partial charge >= 0.3 is 11.9 Å². The van der Waals surface area contributed by atoms with Gasteiger partial charge in [0.1, 0.15) is 5.75 Å². The minimum Gasteiger partial charge on any atom is -0.489 e. The van der Waals surface area contributed by atoms with E-state index in [1.165, 1.54) is 10.5 Å². The number of fused-ring (bicyclic) bond motifs is 1. The highest BCUT2D eigenvalue weighted by Gasteiger charge is 2.35. The molecule has 2 N–H and O–H groups in total. The second-order valence-corrected chi connectivity index (χ2v) is 10.5. The van der Waals surface area contributed by atoms with E-state index in [4.69, 9.17) is 14.9 Å². The first-order valence-corrected chi connectivity index (χ1v) is 14.0. The summed E-state index contributed by atoms with van der Waals surface area (Å²) < 4.78 is 6.02. The Hall–Kier alpha value is -4.96. The SMILES string of the molecule is CC(C)Oc1ccccc1N1CCN(Cc2cccc(CN3C(=O)c4ccccc4C3=O)c2)CC1.O=C(O)/C=C\C(=O)O. The molecular formula is C33H35N3O7. The number of carboxylic acid groups (broad SMARTS) is 2. The monoisotopic (exact) mass is 585 g/mol. The second kappa shape index (κ2) is 14.3. The molecule has 0 aromatic heterocycles. The van der Waals surface area contributed by atoms with Crippen LogP contribution in [0.2, 0.25) is 0 Å². The maximum atomic E-state index is 12.7. The van der Waals surface area contributed by atoms with E-state index in [0.29, 0.717) is 29.8 Å². The summed E-state index contributed by atoms with van der Waals surface area (Å²) in [5.74, 6) is -2.00. The van der Waals surface area contributed by atoms with Crippen LogP contribution in [0.3, 0.4) is 0 Å². The lowest BCUT2D eigenvalue weighted by Gasteiger charge is -2.37. The second-order valence-electron chi connectivity index (χ2n) is 10.5. The number of carbonyl (C=O) groups excluding carboxylic acids is 2. The van der Waals surface area contributed by atoms with Gasteiger partial charge in [0.25, 0.3) is 11.8 Å². The number of aliphatic carboxylic acids is 2. The van der Waals surface area contributed by atoms with E-state index in [1.54, 1.807) is 24.3 Å². The third-order valence-electron chi connectivity index (χ3n) is 6.93. The van der Waals surface area contributed by atoms with Crippen molar-refractivity contribution in [3.8, 4) is 5.75 Å². The zero-order valence-corrected chi connectivity index (χ0v) is 24.2. The smallest absolute Gasteiger partial charge is 0.328 e. The summed E-state index contributed by atoms with van der Waals surface area (Å²) in [6.45, 7) is 9.03. The average Bonchev–Trinajstić information content (AvgIpc) is 3.22. The number of imide groups is 1. The van der Waals surface area contributed by atoms with Crippen molar-refractivity contribution in [2.45, 2.75) is 33.0 Å². The lowest BCUT2D eigenvalue weighted by molar-refractivity contribution is -0.134. The molecule has 10 heteroatoms. The Labute approximate surface area is 250 Å². The third-order valence-corrected chi connectivity index (χ3v) is 6.93. The summed E-state index contributed by atoms with van der Waals surface area (Å²) in [7, 11) is 0. The van der Waals surface area contributed by atoms with E-state index in [9.17, 15) is 19.2 Å². The number of anilines is 1. The summed E-state index contributed by atoms with van der Waals surface area (Å²) in [5, 5.41) is 15.6. The number of hydrogen-bond donors (Lipinski definition) is 2. The number of rotatable bonds is 9. The Morgan fingerprint density at radius 2 is 1.30 bits per heavy atom. The van der Waals surface area contributed by atoms with Gasteiger partial charge in [0.15, 0.2) is 0 Å². The van der Waals surface area contributed by atoms with Crippen molar-refractivity contribution < 1.29 is 34.1 Å². The Morgan fingerprint density at radius 3 is 1.86 bits per heavy atom. The Bertz CT molecular complexity index is 1460. The van der Waals surface area contributed by atoms with Gasteiger partial charge in [0.2, 0.25) is 0 Å². The molecule has 0 atom stereocenters. The van der Waals surface area contributed by atoms with E-state index < -0.39 is 11.9 Å². The molecule has 2 amide bonds. The predicted octanol–water partition coefficient (Wildman–Crippen LogP) is 4.30. The number of benzene rings is 3. The van der Waals surface area contributed by atoms with Crippen LogP contribution in [0, 0.1) is 0 Å². The number of hydrogen-bond acceptors (Lipinski definition) is 7. The largest absolute Gasteiger partial charge is 0.489 e. The summed E-state index contributed by atoms with van der Waals surface area (Å²) in [4.78, 5) is 50.8. The van der Waals surface area contributed by atoms with Crippen LogP contribution in [-0.2, 0) is 22.7 Å². The molecule has 0 bridgehead atoms. The van der Waals surface area contributed by atoms with Crippen LogP contribution in [0.15, 0.2) is 84.9 Å². The molecular weight excluding hydrogens is 550 g/mol. The highest BCUT2D eigenvalue weighted by Crippen LogP contribution is 2.30. The quantitative estimate of drug-likeness (QED) is 0.279.